The molecule has 6 heteroatoms. The molecule has 1 amide bonds. The second kappa shape index (κ2) is 7.38. The third-order valence-corrected chi connectivity index (χ3v) is 3.77. The van der Waals surface area contributed by atoms with Crippen molar-refractivity contribution < 1.29 is 19.4 Å². The van der Waals surface area contributed by atoms with Crippen molar-refractivity contribution >= 4 is 5.91 Å². The smallest absolute Gasteiger partial charge is 0.254 e. The molecule has 0 aliphatic carbocycles. The Morgan fingerprint density at radius 1 is 1.48 bits per heavy atom. The first-order valence-electron chi connectivity index (χ1n) is 7.20. The zero-order chi connectivity index (χ0) is 15.2. The number of aliphatic hydroxyl groups is 1. The van der Waals surface area contributed by atoms with Gasteiger partial charge in [-0.25, -0.2) is 4.39 Å². The number of halogens is 1. The third kappa shape index (κ3) is 4.41. The van der Waals surface area contributed by atoms with Crippen LogP contribution in [-0.2, 0) is 0 Å². The van der Waals surface area contributed by atoms with Crippen molar-refractivity contribution in [1.82, 2.24) is 10.2 Å². The van der Waals surface area contributed by atoms with E-state index >= 15 is 0 Å². The summed E-state index contributed by atoms with van der Waals surface area (Å²) in [4.78, 5) is 14.0. The highest BCUT2D eigenvalue weighted by Crippen LogP contribution is 2.16. The topological polar surface area (TPSA) is 72.8 Å². The van der Waals surface area contributed by atoms with Gasteiger partial charge in [-0.15, -0.1) is 0 Å². The summed E-state index contributed by atoms with van der Waals surface area (Å²) < 4.78 is 13.5. The van der Waals surface area contributed by atoms with Crippen LogP contribution in [0.5, 0.6) is 5.75 Å². The predicted molar refractivity (Wildman–Crippen MR) is 76.6 cm³/mol. The van der Waals surface area contributed by atoms with Crippen molar-refractivity contribution in [2.75, 3.05) is 32.8 Å². The normalized spacial score (nSPS) is 19.4. The van der Waals surface area contributed by atoms with Crippen molar-refractivity contribution in [3.8, 4) is 5.75 Å². The van der Waals surface area contributed by atoms with Gasteiger partial charge in [0.15, 0.2) is 0 Å². The monoisotopic (exact) mass is 296 g/mol. The van der Waals surface area contributed by atoms with Gasteiger partial charge in [0.05, 0.1) is 5.56 Å². The molecule has 0 radical (unpaired) electrons. The molecule has 0 aromatic heterocycles. The van der Waals surface area contributed by atoms with Gasteiger partial charge < -0.3 is 20.4 Å². The van der Waals surface area contributed by atoms with Gasteiger partial charge in [-0.3, -0.25) is 4.79 Å². The summed E-state index contributed by atoms with van der Waals surface area (Å²) in [5, 5.41) is 21.1. The third-order valence-electron chi connectivity index (χ3n) is 3.77. The highest BCUT2D eigenvalue weighted by molar-refractivity contribution is 5.94. The number of phenols is 1. The van der Waals surface area contributed by atoms with Gasteiger partial charge in [-0.05, 0) is 43.5 Å². The number of carbonyl (C=O) groups excluding carboxylic acids is 1. The van der Waals surface area contributed by atoms with E-state index in [9.17, 15) is 14.3 Å². The van der Waals surface area contributed by atoms with Crippen LogP contribution in [0.25, 0.3) is 0 Å². The molecule has 0 saturated carbocycles. The van der Waals surface area contributed by atoms with E-state index in [1.165, 1.54) is 6.07 Å². The van der Waals surface area contributed by atoms with Gasteiger partial charge in [0, 0.05) is 26.2 Å². The van der Waals surface area contributed by atoms with Gasteiger partial charge in [-0.2, -0.15) is 0 Å². The van der Waals surface area contributed by atoms with Gasteiger partial charge in [0.1, 0.15) is 11.6 Å². The van der Waals surface area contributed by atoms with E-state index in [-0.39, 0.29) is 17.9 Å². The Labute approximate surface area is 123 Å². The number of hydrogen-bond donors (Lipinski definition) is 3. The number of likely N-dealkylation sites (tertiary alicyclic amines) is 1. The van der Waals surface area contributed by atoms with E-state index in [0.717, 1.165) is 38.1 Å². The largest absolute Gasteiger partial charge is 0.508 e. The number of aliphatic hydroxyl groups excluding tert-OH is 1. The highest BCUT2D eigenvalue weighted by Gasteiger charge is 2.19. The van der Waals surface area contributed by atoms with E-state index in [1.54, 1.807) is 0 Å². The molecule has 1 aromatic carbocycles. The maximum Gasteiger partial charge on any atom is 0.254 e. The molecule has 5 nitrogen and oxygen atoms in total. The summed E-state index contributed by atoms with van der Waals surface area (Å²) in [7, 11) is 0. The summed E-state index contributed by atoms with van der Waals surface area (Å²) in [6.45, 7) is 3.05. The molecule has 21 heavy (non-hydrogen) atoms. The predicted octanol–water partition coefficient (Wildman–Crippen LogP) is 0.965. The summed E-state index contributed by atoms with van der Waals surface area (Å²) in [5.74, 6) is -1.01. The number of nitrogens with one attached hydrogen (secondary N) is 1. The number of piperidine rings is 1. The molecule has 116 valence electrons. The first-order chi connectivity index (χ1) is 10.1. The second-order valence-electron chi connectivity index (χ2n) is 5.41. The molecular weight excluding hydrogens is 275 g/mol. The van der Waals surface area contributed by atoms with E-state index in [0.29, 0.717) is 19.0 Å². The Morgan fingerprint density at radius 3 is 3.05 bits per heavy atom. The fourth-order valence-corrected chi connectivity index (χ4v) is 2.61. The average Bonchev–Trinajstić information content (AvgIpc) is 2.49. The minimum Gasteiger partial charge on any atom is -0.508 e. The van der Waals surface area contributed by atoms with Crippen molar-refractivity contribution in [1.29, 1.82) is 0 Å². The lowest BCUT2D eigenvalue weighted by Gasteiger charge is -2.31. The molecule has 0 unspecified atom stereocenters. The van der Waals surface area contributed by atoms with Crippen LogP contribution in [0.4, 0.5) is 4.39 Å². The van der Waals surface area contributed by atoms with Crippen molar-refractivity contribution in [2.45, 2.75) is 12.8 Å². The second-order valence-corrected chi connectivity index (χ2v) is 5.41. The molecule has 0 bridgehead atoms. The molecule has 1 aliphatic heterocycles. The Kier molecular flexibility index (Phi) is 5.52. The molecule has 0 spiro atoms. The molecule has 1 saturated heterocycles. The van der Waals surface area contributed by atoms with Crippen LogP contribution >= 0.6 is 0 Å². The lowest BCUT2D eigenvalue weighted by atomic mass is 9.99. The zero-order valence-electron chi connectivity index (χ0n) is 11.9. The van der Waals surface area contributed by atoms with Crippen LogP contribution in [0.1, 0.15) is 23.2 Å². The molecular formula is C15H21FN2O3. The molecule has 1 atom stereocenters. The fourth-order valence-electron chi connectivity index (χ4n) is 2.61. The number of aromatic hydroxyl groups is 1. The Bertz CT molecular complexity index is 496. The summed E-state index contributed by atoms with van der Waals surface area (Å²) >= 11 is 0. The van der Waals surface area contributed by atoms with Gasteiger partial charge in [-0.1, -0.05) is 0 Å². The van der Waals surface area contributed by atoms with Gasteiger partial charge >= 0.3 is 0 Å². The van der Waals surface area contributed by atoms with Gasteiger partial charge in [0.25, 0.3) is 5.91 Å². The van der Waals surface area contributed by atoms with E-state index in [2.05, 4.69) is 10.2 Å². The molecule has 1 fully saturated rings. The van der Waals surface area contributed by atoms with Crippen molar-refractivity contribution in [2.24, 2.45) is 5.92 Å². The van der Waals surface area contributed by atoms with Crippen LogP contribution in [0, 0.1) is 11.7 Å². The quantitative estimate of drug-likeness (QED) is 0.757. The minimum atomic E-state index is -0.649. The Morgan fingerprint density at radius 2 is 2.29 bits per heavy atom. The molecule has 1 aliphatic rings. The van der Waals surface area contributed by atoms with Crippen LogP contribution in [0.15, 0.2) is 18.2 Å². The fraction of sp³-hybridized carbons (Fsp3) is 0.533. The van der Waals surface area contributed by atoms with E-state index in [4.69, 9.17) is 5.11 Å². The molecule has 2 rings (SSSR count). The highest BCUT2D eigenvalue weighted by atomic mass is 19.1. The van der Waals surface area contributed by atoms with Crippen molar-refractivity contribution in [3.63, 3.8) is 0 Å². The summed E-state index contributed by atoms with van der Waals surface area (Å²) in [6.07, 6.45) is 2.08. The first kappa shape index (κ1) is 15.7. The first-order valence-corrected chi connectivity index (χ1v) is 7.20. The maximum absolute atomic E-state index is 13.5. The van der Waals surface area contributed by atoms with Crippen LogP contribution in [0.2, 0.25) is 0 Å². The number of benzene rings is 1. The number of phenolic OH excluding ortho intramolecular Hbond substituents is 1. The molecule has 1 heterocycles. The Balaban J connectivity index is 1.80. The Hall–Kier alpha value is -1.66. The average molecular weight is 296 g/mol. The van der Waals surface area contributed by atoms with E-state index < -0.39 is 11.7 Å². The SMILES string of the molecule is O=C(NCCN1CCC[C@@H](CO)C1)c1cc(O)ccc1F. The number of nitrogens with zero attached hydrogens (tertiary/aromatic N) is 1. The summed E-state index contributed by atoms with van der Waals surface area (Å²) in [5.41, 5.74) is -0.151. The lowest BCUT2D eigenvalue weighted by molar-refractivity contribution is 0.0926. The minimum absolute atomic E-state index is 0.136. The molecule has 3 N–H and O–H groups in total. The standard InChI is InChI=1S/C15H21FN2O3/c16-14-4-3-12(20)8-13(14)15(21)17-5-7-18-6-1-2-11(9-18)10-19/h3-4,8,11,19-20H,1-2,5-7,9-10H2,(H,17,21)/t11-/m1/s1. The number of rotatable bonds is 5. The maximum atomic E-state index is 13.5. The van der Waals surface area contributed by atoms with Crippen molar-refractivity contribution in [3.05, 3.63) is 29.6 Å². The van der Waals surface area contributed by atoms with E-state index in [1.807, 2.05) is 0 Å². The van der Waals surface area contributed by atoms with Gasteiger partial charge in [0.2, 0.25) is 0 Å². The van der Waals surface area contributed by atoms with Crippen LogP contribution in [-0.4, -0.2) is 53.8 Å². The lowest BCUT2D eigenvalue weighted by Crippen LogP contribution is -2.41. The summed E-state index contributed by atoms with van der Waals surface area (Å²) in [6, 6.07) is 3.39. The van der Waals surface area contributed by atoms with Crippen LogP contribution < -0.4 is 5.32 Å². The van der Waals surface area contributed by atoms with Crippen LogP contribution in [0.3, 0.4) is 0 Å². The number of carbonyl (C=O) groups is 1. The number of hydrogen-bond acceptors (Lipinski definition) is 4. The molecule has 1 aromatic rings. The number of amides is 1. The zero-order valence-corrected chi connectivity index (χ0v) is 11.9.